The van der Waals surface area contributed by atoms with E-state index in [1.807, 2.05) is 6.92 Å². The van der Waals surface area contributed by atoms with E-state index in [0.29, 0.717) is 5.13 Å². The fourth-order valence-electron chi connectivity index (χ4n) is 0.924. The smallest absolute Gasteiger partial charge is 0.181 e. The molecule has 0 atom stereocenters. The summed E-state index contributed by atoms with van der Waals surface area (Å²) in [5.41, 5.74) is 7.60. The third-order valence-electron chi connectivity index (χ3n) is 1.53. The van der Waals surface area contributed by atoms with Crippen LogP contribution < -0.4 is 5.73 Å². The molecule has 0 spiro atoms. The van der Waals surface area contributed by atoms with Gasteiger partial charge in [-0.05, 0) is 6.92 Å². The van der Waals surface area contributed by atoms with Crippen LogP contribution in [0.4, 0.5) is 5.13 Å². The Kier molecular flexibility index (Phi) is 2.99. The van der Waals surface area contributed by atoms with Crippen LogP contribution in [0, 0.1) is 6.92 Å². The molecule has 0 fully saturated rings. The number of nitrogens with zero attached hydrogens (tertiary/aromatic N) is 3. The molecule has 2 aromatic rings. The lowest BCUT2D eigenvalue weighted by atomic mass is 10.6. The molecule has 74 valence electrons. The fraction of sp³-hybridized carbons (Fsp3) is 0.286. The van der Waals surface area contributed by atoms with E-state index in [-0.39, 0.29) is 0 Å². The number of aromatic nitrogens is 3. The molecule has 0 aliphatic heterocycles. The minimum absolute atomic E-state index is 0.626. The molecule has 7 heteroatoms. The third-order valence-corrected chi connectivity index (χ3v) is 4.43. The molecule has 0 aromatic carbocycles. The lowest BCUT2D eigenvalue weighted by Crippen LogP contribution is -1.81. The summed E-state index contributed by atoms with van der Waals surface area (Å²) in [7, 11) is 0. The average molecular weight is 244 g/mol. The predicted molar refractivity (Wildman–Crippen MR) is 60.7 cm³/mol. The van der Waals surface area contributed by atoms with Crippen molar-refractivity contribution in [2.24, 2.45) is 0 Å². The van der Waals surface area contributed by atoms with Crippen LogP contribution in [0.5, 0.6) is 0 Å². The highest BCUT2D eigenvalue weighted by Gasteiger charge is 2.06. The highest BCUT2D eigenvalue weighted by molar-refractivity contribution is 8.00. The normalized spacial score (nSPS) is 10.6. The van der Waals surface area contributed by atoms with Gasteiger partial charge in [0.25, 0.3) is 0 Å². The molecule has 0 saturated heterocycles. The number of nitrogen functional groups attached to an aromatic ring is 1. The average Bonchev–Trinajstić information content (AvgIpc) is 2.72. The first-order valence-electron chi connectivity index (χ1n) is 3.88. The van der Waals surface area contributed by atoms with Gasteiger partial charge in [0, 0.05) is 5.75 Å². The number of hydrogen-bond donors (Lipinski definition) is 1. The van der Waals surface area contributed by atoms with E-state index in [1.165, 1.54) is 23.1 Å². The van der Waals surface area contributed by atoms with Crippen molar-refractivity contribution in [2.75, 3.05) is 5.73 Å². The van der Waals surface area contributed by atoms with Crippen LogP contribution in [0.3, 0.4) is 0 Å². The molecule has 0 aliphatic rings. The Labute approximate surface area is 93.9 Å². The summed E-state index contributed by atoms with van der Waals surface area (Å²) in [6, 6.07) is 0. The first-order valence-corrected chi connectivity index (χ1v) is 6.41. The van der Waals surface area contributed by atoms with E-state index in [1.54, 1.807) is 18.0 Å². The van der Waals surface area contributed by atoms with Crippen LogP contribution in [0.2, 0.25) is 0 Å². The van der Waals surface area contributed by atoms with Crippen molar-refractivity contribution in [2.45, 2.75) is 16.9 Å². The lowest BCUT2D eigenvalue weighted by Gasteiger charge is -1.94. The minimum Gasteiger partial charge on any atom is -0.375 e. The largest absolute Gasteiger partial charge is 0.375 e. The third kappa shape index (κ3) is 2.23. The molecular weight excluding hydrogens is 236 g/mol. The summed E-state index contributed by atoms with van der Waals surface area (Å²) < 4.78 is 9.24. The van der Waals surface area contributed by atoms with Crippen molar-refractivity contribution in [3.63, 3.8) is 0 Å². The number of aryl methyl sites for hydroxylation is 1. The molecule has 2 N–H and O–H groups in total. The quantitative estimate of drug-likeness (QED) is 0.838. The number of nitrogens with two attached hydrogens (primary N) is 1. The standard InChI is InChI=1S/C7H8N4S3/c1-4-6(13-7(8)10-4)12-3-5-2-9-14-11-5/h2H,3H2,1H3,(H2,8,10). The van der Waals surface area contributed by atoms with Gasteiger partial charge in [0.05, 0.1) is 33.5 Å². The second-order valence-corrected chi connectivity index (χ2v) is 5.44. The van der Waals surface area contributed by atoms with Gasteiger partial charge in [-0.3, -0.25) is 0 Å². The Morgan fingerprint density at radius 3 is 3.00 bits per heavy atom. The number of hydrogen-bond acceptors (Lipinski definition) is 7. The fourth-order valence-corrected chi connectivity index (χ4v) is 3.34. The molecule has 2 heterocycles. The Bertz CT molecular complexity index is 408. The van der Waals surface area contributed by atoms with E-state index in [9.17, 15) is 0 Å². The van der Waals surface area contributed by atoms with Gasteiger partial charge in [-0.1, -0.05) is 11.3 Å². The van der Waals surface area contributed by atoms with Crippen LogP contribution >= 0.6 is 34.8 Å². The van der Waals surface area contributed by atoms with Crippen molar-refractivity contribution >= 4 is 40.0 Å². The number of rotatable bonds is 3. The Morgan fingerprint density at radius 1 is 1.57 bits per heavy atom. The highest BCUT2D eigenvalue weighted by Crippen LogP contribution is 2.32. The van der Waals surface area contributed by atoms with Crippen molar-refractivity contribution in [3.8, 4) is 0 Å². The molecule has 2 aromatic heterocycles. The topological polar surface area (TPSA) is 64.7 Å². The number of thioether (sulfide) groups is 1. The number of thiazole rings is 1. The van der Waals surface area contributed by atoms with Gasteiger partial charge in [-0.2, -0.15) is 8.75 Å². The summed E-state index contributed by atoms with van der Waals surface area (Å²) in [5, 5.41) is 0.626. The number of anilines is 1. The zero-order chi connectivity index (χ0) is 9.97. The monoisotopic (exact) mass is 244 g/mol. The second kappa shape index (κ2) is 4.24. The van der Waals surface area contributed by atoms with Crippen molar-refractivity contribution in [1.29, 1.82) is 0 Å². The van der Waals surface area contributed by atoms with Crippen LogP contribution in [0.1, 0.15) is 11.4 Å². The van der Waals surface area contributed by atoms with Gasteiger partial charge >= 0.3 is 0 Å². The van der Waals surface area contributed by atoms with Gasteiger partial charge in [-0.25, -0.2) is 4.98 Å². The van der Waals surface area contributed by atoms with Gasteiger partial charge in [0.15, 0.2) is 5.13 Å². The second-order valence-electron chi connectivity index (χ2n) is 2.61. The molecule has 0 aliphatic carbocycles. The van der Waals surface area contributed by atoms with Gasteiger partial charge in [0.1, 0.15) is 0 Å². The summed E-state index contributed by atoms with van der Waals surface area (Å²) in [5.74, 6) is 0.832. The summed E-state index contributed by atoms with van der Waals surface area (Å²) >= 11 is 4.46. The van der Waals surface area contributed by atoms with Crippen LogP contribution in [-0.4, -0.2) is 13.7 Å². The van der Waals surface area contributed by atoms with Crippen LogP contribution in [0.15, 0.2) is 10.4 Å². The zero-order valence-corrected chi connectivity index (χ0v) is 9.88. The summed E-state index contributed by atoms with van der Waals surface area (Å²) in [6.07, 6.45) is 1.79. The van der Waals surface area contributed by atoms with E-state index in [2.05, 4.69) is 13.7 Å². The van der Waals surface area contributed by atoms with Crippen molar-refractivity contribution in [3.05, 3.63) is 17.6 Å². The molecule has 14 heavy (non-hydrogen) atoms. The Morgan fingerprint density at radius 2 is 2.43 bits per heavy atom. The molecular formula is C7H8N4S3. The maximum absolute atomic E-state index is 5.60. The van der Waals surface area contributed by atoms with Gasteiger partial charge < -0.3 is 5.73 Å². The molecule has 0 radical (unpaired) electrons. The lowest BCUT2D eigenvalue weighted by molar-refractivity contribution is 1.21. The maximum atomic E-state index is 5.60. The highest BCUT2D eigenvalue weighted by atomic mass is 32.2. The summed E-state index contributed by atoms with van der Waals surface area (Å²) in [6.45, 7) is 1.97. The molecule has 0 unspecified atom stereocenters. The van der Waals surface area contributed by atoms with E-state index in [4.69, 9.17) is 5.73 Å². The first kappa shape index (κ1) is 9.88. The Hall–Kier alpha value is -0.660. The van der Waals surface area contributed by atoms with E-state index in [0.717, 1.165) is 21.3 Å². The summed E-state index contributed by atoms with van der Waals surface area (Å²) in [4.78, 5) is 4.15. The van der Waals surface area contributed by atoms with Crippen LogP contribution in [-0.2, 0) is 5.75 Å². The van der Waals surface area contributed by atoms with Gasteiger partial charge in [-0.15, -0.1) is 11.8 Å². The molecule has 0 amide bonds. The van der Waals surface area contributed by atoms with Crippen LogP contribution in [0.25, 0.3) is 0 Å². The SMILES string of the molecule is Cc1nc(N)sc1SCc1cnsn1. The minimum atomic E-state index is 0.626. The predicted octanol–water partition coefficient (Wildman–Crippen LogP) is 2.18. The molecule has 0 bridgehead atoms. The molecule has 4 nitrogen and oxygen atoms in total. The van der Waals surface area contributed by atoms with E-state index < -0.39 is 0 Å². The van der Waals surface area contributed by atoms with Crippen molar-refractivity contribution < 1.29 is 0 Å². The molecule has 2 rings (SSSR count). The van der Waals surface area contributed by atoms with Gasteiger partial charge in [0.2, 0.25) is 0 Å². The van der Waals surface area contributed by atoms with Crippen molar-refractivity contribution in [1.82, 2.24) is 13.7 Å². The Balaban J connectivity index is 2.01. The molecule has 0 saturated carbocycles. The zero-order valence-electron chi connectivity index (χ0n) is 7.43. The first-order chi connectivity index (χ1) is 6.75. The maximum Gasteiger partial charge on any atom is 0.181 e. The van der Waals surface area contributed by atoms with E-state index >= 15 is 0 Å².